The summed E-state index contributed by atoms with van der Waals surface area (Å²) in [7, 11) is 3.20. The zero-order chi connectivity index (χ0) is 16.1. The lowest BCUT2D eigenvalue weighted by molar-refractivity contribution is 0.166. The molecule has 0 unspecified atom stereocenters. The van der Waals surface area contributed by atoms with Gasteiger partial charge in [0.1, 0.15) is 17.2 Å². The molecule has 1 saturated heterocycles. The van der Waals surface area contributed by atoms with Crippen molar-refractivity contribution in [1.82, 2.24) is 10.2 Å². The fraction of sp³-hybridized carbons (Fsp3) is 0.529. The molecule has 5 nitrogen and oxygen atoms in total. The van der Waals surface area contributed by atoms with E-state index in [-0.39, 0.29) is 11.8 Å². The van der Waals surface area contributed by atoms with E-state index >= 15 is 0 Å². The summed E-state index contributed by atoms with van der Waals surface area (Å²) < 4.78 is 10.7. The van der Waals surface area contributed by atoms with E-state index in [1.54, 1.807) is 20.3 Å². The fourth-order valence-electron chi connectivity index (χ4n) is 2.95. The number of hydrogen-bond acceptors (Lipinski definition) is 5. The number of phenolic OH excluding ortho intramolecular Hbond substituents is 1. The summed E-state index contributed by atoms with van der Waals surface area (Å²) in [6.07, 6.45) is 0.788. The number of rotatable bonds is 6. The van der Waals surface area contributed by atoms with Crippen LogP contribution in [0.2, 0.25) is 0 Å². The van der Waals surface area contributed by atoms with Gasteiger partial charge in [0, 0.05) is 44.4 Å². The number of aromatic hydroxyl groups is 1. The van der Waals surface area contributed by atoms with Gasteiger partial charge >= 0.3 is 0 Å². The molecule has 1 atom stereocenters. The van der Waals surface area contributed by atoms with Crippen LogP contribution in [0.3, 0.4) is 0 Å². The smallest absolute Gasteiger partial charge is 0.131 e. The molecule has 122 valence electrons. The first-order valence-electron chi connectivity index (χ1n) is 7.60. The van der Waals surface area contributed by atoms with Gasteiger partial charge in [-0.15, -0.1) is 6.58 Å². The second kappa shape index (κ2) is 7.51. The molecular formula is C17H26N2O3. The van der Waals surface area contributed by atoms with Crippen molar-refractivity contribution in [3.05, 3.63) is 29.8 Å². The summed E-state index contributed by atoms with van der Waals surface area (Å²) in [5.74, 6) is 1.45. The molecule has 2 N–H and O–H groups in total. The fourth-order valence-corrected chi connectivity index (χ4v) is 2.95. The Balaban J connectivity index is 2.43. The van der Waals surface area contributed by atoms with Crippen molar-refractivity contribution < 1.29 is 14.6 Å². The van der Waals surface area contributed by atoms with Crippen molar-refractivity contribution in [2.75, 3.05) is 40.4 Å². The third kappa shape index (κ3) is 3.72. The number of benzene rings is 1. The highest BCUT2D eigenvalue weighted by Crippen LogP contribution is 2.42. The van der Waals surface area contributed by atoms with Crippen molar-refractivity contribution in [2.24, 2.45) is 0 Å². The van der Waals surface area contributed by atoms with E-state index in [1.165, 1.54) is 0 Å². The molecule has 0 saturated carbocycles. The Morgan fingerprint density at radius 1 is 1.32 bits per heavy atom. The third-order valence-corrected chi connectivity index (χ3v) is 4.02. The zero-order valence-corrected chi connectivity index (χ0v) is 13.7. The second-order valence-electron chi connectivity index (χ2n) is 5.73. The maximum atomic E-state index is 10.5. The molecule has 1 aliphatic rings. The molecule has 0 aliphatic carbocycles. The Bertz CT molecular complexity index is 525. The van der Waals surface area contributed by atoms with Crippen molar-refractivity contribution in [2.45, 2.75) is 19.4 Å². The molecule has 2 rings (SSSR count). The number of hydrogen-bond donors (Lipinski definition) is 2. The Hall–Kier alpha value is -1.72. The van der Waals surface area contributed by atoms with Crippen molar-refractivity contribution >= 4 is 0 Å². The minimum Gasteiger partial charge on any atom is -0.507 e. The summed E-state index contributed by atoms with van der Waals surface area (Å²) in [5.41, 5.74) is 1.90. The van der Waals surface area contributed by atoms with E-state index < -0.39 is 0 Å². The van der Waals surface area contributed by atoms with Crippen molar-refractivity contribution in [3.63, 3.8) is 0 Å². The summed E-state index contributed by atoms with van der Waals surface area (Å²) in [4.78, 5) is 2.37. The van der Waals surface area contributed by atoms with Gasteiger partial charge in [0.05, 0.1) is 19.8 Å². The molecule has 0 radical (unpaired) electrons. The predicted molar refractivity (Wildman–Crippen MR) is 87.8 cm³/mol. The highest BCUT2D eigenvalue weighted by molar-refractivity contribution is 5.52. The van der Waals surface area contributed by atoms with Gasteiger partial charge in [-0.1, -0.05) is 5.57 Å². The van der Waals surface area contributed by atoms with Crippen LogP contribution in [0.25, 0.3) is 0 Å². The number of piperazine rings is 1. The lowest BCUT2D eigenvalue weighted by Crippen LogP contribution is -2.45. The largest absolute Gasteiger partial charge is 0.507 e. The molecule has 5 heteroatoms. The first kappa shape index (κ1) is 16.6. The number of ether oxygens (including phenoxy) is 2. The number of methoxy groups -OCH3 is 2. The molecule has 1 aromatic rings. The van der Waals surface area contributed by atoms with Crippen LogP contribution in [-0.4, -0.2) is 50.4 Å². The average molecular weight is 306 g/mol. The maximum absolute atomic E-state index is 10.5. The molecule has 0 spiro atoms. The van der Waals surface area contributed by atoms with Gasteiger partial charge in [-0.05, 0) is 13.3 Å². The lowest BCUT2D eigenvalue weighted by atomic mass is 9.96. The molecule has 1 fully saturated rings. The van der Waals surface area contributed by atoms with E-state index in [9.17, 15) is 5.11 Å². The highest BCUT2D eigenvalue weighted by atomic mass is 16.5. The van der Waals surface area contributed by atoms with Crippen LogP contribution in [0.4, 0.5) is 0 Å². The lowest BCUT2D eigenvalue weighted by Gasteiger charge is -2.36. The predicted octanol–water partition coefficient (Wildman–Crippen LogP) is 2.32. The van der Waals surface area contributed by atoms with Crippen molar-refractivity contribution in [1.29, 1.82) is 0 Å². The minimum absolute atomic E-state index is 0.0560. The van der Waals surface area contributed by atoms with E-state index in [1.807, 2.05) is 13.0 Å². The first-order chi connectivity index (χ1) is 10.6. The summed E-state index contributed by atoms with van der Waals surface area (Å²) in [6, 6.07) is 3.52. The summed E-state index contributed by atoms with van der Waals surface area (Å²) in [6.45, 7) is 9.84. The topological polar surface area (TPSA) is 54.0 Å². The Labute approximate surface area is 132 Å². The molecule has 1 heterocycles. The molecule has 0 bridgehead atoms. The minimum atomic E-state index is 0.0560. The molecule has 22 heavy (non-hydrogen) atoms. The Morgan fingerprint density at radius 3 is 2.55 bits per heavy atom. The van der Waals surface area contributed by atoms with E-state index in [0.717, 1.165) is 43.7 Å². The standard InChI is InChI=1S/C17H26N2O3/c1-12(2)9-14(19-7-5-18-6-8-19)17-15(20)10-13(21-3)11-16(17)22-4/h10-11,14,18,20H,1,5-9H2,2-4H3/t14-/m0/s1. The first-order valence-corrected chi connectivity index (χ1v) is 7.60. The second-order valence-corrected chi connectivity index (χ2v) is 5.73. The van der Waals surface area contributed by atoms with Crippen LogP contribution < -0.4 is 14.8 Å². The normalized spacial score (nSPS) is 17.0. The molecular weight excluding hydrogens is 280 g/mol. The summed E-state index contributed by atoms with van der Waals surface area (Å²) in [5, 5.41) is 13.9. The maximum Gasteiger partial charge on any atom is 0.131 e. The van der Waals surface area contributed by atoms with Gasteiger partial charge in [-0.3, -0.25) is 4.90 Å². The van der Waals surface area contributed by atoms with Gasteiger partial charge in [0.15, 0.2) is 0 Å². The molecule has 0 aromatic heterocycles. The van der Waals surface area contributed by atoms with Crippen LogP contribution in [0.1, 0.15) is 24.9 Å². The van der Waals surface area contributed by atoms with E-state index in [2.05, 4.69) is 16.8 Å². The molecule has 1 aromatic carbocycles. The Morgan fingerprint density at radius 2 is 2.00 bits per heavy atom. The molecule has 0 amide bonds. The zero-order valence-electron chi connectivity index (χ0n) is 13.7. The van der Waals surface area contributed by atoms with E-state index in [0.29, 0.717) is 11.5 Å². The van der Waals surface area contributed by atoms with Gasteiger partial charge in [-0.2, -0.15) is 0 Å². The number of nitrogens with zero attached hydrogens (tertiary/aromatic N) is 1. The van der Waals surface area contributed by atoms with E-state index in [4.69, 9.17) is 9.47 Å². The quantitative estimate of drug-likeness (QED) is 0.790. The van der Waals surface area contributed by atoms with Gasteiger partial charge in [0.25, 0.3) is 0 Å². The van der Waals surface area contributed by atoms with Crippen LogP contribution in [0.5, 0.6) is 17.2 Å². The Kier molecular flexibility index (Phi) is 5.69. The van der Waals surface area contributed by atoms with Crippen LogP contribution >= 0.6 is 0 Å². The third-order valence-electron chi connectivity index (χ3n) is 4.02. The van der Waals surface area contributed by atoms with Gasteiger partial charge < -0.3 is 19.9 Å². The number of nitrogens with one attached hydrogen (secondary N) is 1. The van der Waals surface area contributed by atoms with Crippen molar-refractivity contribution in [3.8, 4) is 17.2 Å². The summed E-state index contributed by atoms with van der Waals surface area (Å²) >= 11 is 0. The SMILES string of the molecule is C=C(C)C[C@@H](c1c(O)cc(OC)cc1OC)N1CCNCC1. The molecule has 1 aliphatic heterocycles. The van der Waals surface area contributed by atoms with Crippen LogP contribution in [0.15, 0.2) is 24.3 Å². The highest BCUT2D eigenvalue weighted by Gasteiger charge is 2.28. The average Bonchev–Trinajstić information content (AvgIpc) is 2.52. The number of phenols is 1. The monoisotopic (exact) mass is 306 g/mol. The van der Waals surface area contributed by atoms with Crippen LogP contribution in [0, 0.1) is 0 Å². The van der Waals surface area contributed by atoms with Gasteiger partial charge in [-0.25, -0.2) is 0 Å². The van der Waals surface area contributed by atoms with Crippen LogP contribution in [-0.2, 0) is 0 Å². The van der Waals surface area contributed by atoms with Gasteiger partial charge in [0.2, 0.25) is 0 Å².